The van der Waals surface area contributed by atoms with Gasteiger partial charge in [-0.2, -0.15) is 0 Å². The number of rotatable bonds is 59. The molecule has 1 N–H and O–H groups in total. The molecule has 446 valence electrons. The zero-order valence-electron chi connectivity index (χ0n) is 50.9. The fourth-order valence-corrected chi connectivity index (χ4v) is 9.04. The number of carbonyl (C=O) groups excluding carboxylic acids is 2. The number of carbonyl (C=O) groups is 3. The Morgan fingerprint density at radius 3 is 1.12 bits per heavy atom. The summed E-state index contributed by atoms with van der Waals surface area (Å²) in [7, 11) is 5.98. The van der Waals surface area contributed by atoms with Gasteiger partial charge in [0, 0.05) is 12.8 Å². The maximum atomic E-state index is 12.9. The van der Waals surface area contributed by atoms with Crippen LogP contribution in [0.15, 0.2) is 72.9 Å². The Kier molecular flexibility index (Phi) is 56.4. The quantitative estimate of drug-likeness (QED) is 0.0211. The number of unbranched alkanes of at least 4 members (excludes halogenated alkanes) is 32. The third-order valence-electron chi connectivity index (χ3n) is 13.9. The van der Waals surface area contributed by atoms with E-state index in [4.69, 9.17) is 18.9 Å². The normalized spacial score (nSPS) is 13.2. The summed E-state index contributed by atoms with van der Waals surface area (Å²) < 4.78 is 22.9. The lowest BCUT2D eigenvalue weighted by molar-refractivity contribution is -0.870. The minimum absolute atomic E-state index is 0.183. The van der Waals surface area contributed by atoms with Crippen molar-refractivity contribution in [2.24, 2.45) is 0 Å². The zero-order chi connectivity index (χ0) is 56.2. The number of quaternary nitrogens is 1. The second-order valence-electron chi connectivity index (χ2n) is 22.7. The Hall–Kier alpha value is -3.27. The summed E-state index contributed by atoms with van der Waals surface area (Å²) in [5.41, 5.74) is 0. The standard InChI is InChI=1S/C68H121NO8/c1-6-8-10-12-14-16-18-20-22-24-26-28-30-31-32-33-34-35-37-39-41-43-45-47-49-51-53-55-57-59-66(71)77-64(63-76-68(67(72)73)74-61-60-69(3,4)5)62-75-65(70)58-56-54-52-50-48-46-44-42-40-38-36-29-27-25-23-21-19-17-15-13-11-9-7-2/h8,10,14,16,20,22,25-28,31-32,64,68H,6-7,9,11-13,15,17-19,21,23-24,29-30,33-63H2,1-5H3/p+1/b10-8-,16-14-,22-20-,27-25-,28-26-,32-31-. The molecule has 0 radical (unpaired) electrons. The molecular weight excluding hydrogens is 959 g/mol. The van der Waals surface area contributed by atoms with Gasteiger partial charge >= 0.3 is 17.9 Å². The van der Waals surface area contributed by atoms with Crippen molar-refractivity contribution in [2.75, 3.05) is 47.5 Å². The summed E-state index contributed by atoms with van der Waals surface area (Å²) in [6.45, 7) is 4.79. The molecule has 0 aromatic heterocycles. The van der Waals surface area contributed by atoms with Crippen molar-refractivity contribution in [2.45, 2.75) is 296 Å². The Labute approximate surface area is 475 Å². The molecular formula is C68H122NO8+. The van der Waals surface area contributed by atoms with Crippen LogP contribution in [0.25, 0.3) is 0 Å². The van der Waals surface area contributed by atoms with Gasteiger partial charge in [-0.1, -0.05) is 260 Å². The highest BCUT2D eigenvalue weighted by atomic mass is 16.7. The number of likely N-dealkylation sites (N-methyl/N-ethyl adjacent to an activating group) is 1. The van der Waals surface area contributed by atoms with Crippen LogP contribution in [0.5, 0.6) is 0 Å². The SMILES string of the molecule is CC/C=C\C/C=C\C/C=C\C/C=C\C/C=C\CCCCCCCCCCCCCCCC(=O)OC(COC(=O)CCCCCCCCCCCCC/C=C\CCCCCCCCCC)COC(OCC[N+](C)(C)C)C(=O)O. The number of carboxylic acid groups (broad SMARTS) is 1. The van der Waals surface area contributed by atoms with E-state index in [-0.39, 0.29) is 32.2 Å². The van der Waals surface area contributed by atoms with E-state index in [9.17, 15) is 19.5 Å². The lowest BCUT2D eigenvalue weighted by Gasteiger charge is -2.25. The molecule has 0 aromatic carbocycles. The van der Waals surface area contributed by atoms with Crippen LogP contribution in [0.3, 0.4) is 0 Å². The molecule has 0 bridgehead atoms. The summed E-state index contributed by atoms with van der Waals surface area (Å²) >= 11 is 0. The lowest BCUT2D eigenvalue weighted by atomic mass is 10.0. The topological polar surface area (TPSA) is 108 Å². The molecule has 0 aliphatic rings. The monoisotopic (exact) mass is 1080 g/mol. The summed E-state index contributed by atoms with van der Waals surface area (Å²) in [6.07, 6.45) is 74.2. The summed E-state index contributed by atoms with van der Waals surface area (Å²) in [5, 5.41) is 9.73. The third kappa shape index (κ3) is 60.2. The summed E-state index contributed by atoms with van der Waals surface area (Å²) in [6, 6.07) is 0. The average Bonchev–Trinajstić information content (AvgIpc) is 3.40. The van der Waals surface area contributed by atoms with Crippen molar-refractivity contribution in [3.63, 3.8) is 0 Å². The minimum atomic E-state index is -1.51. The number of hydrogen-bond acceptors (Lipinski definition) is 7. The fraction of sp³-hybridized carbons (Fsp3) is 0.779. The molecule has 2 unspecified atom stereocenters. The minimum Gasteiger partial charge on any atom is -0.477 e. The molecule has 0 rings (SSSR count). The molecule has 0 aliphatic heterocycles. The van der Waals surface area contributed by atoms with Gasteiger partial charge in [0.15, 0.2) is 6.10 Å². The summed E-state index contributed by atoms with van der Waals surface area (Å²) in [5.74, 6) is -2.00. The number of hydrogen-bond donors (Lipinski definition) is 1. The Morgan fingerprint density at radius 1 is 0.403 bits per heavy atom. The van der Waals surface area contributed by atoms with Crippen molar-refractivity contribution in [1.29, 1.82) is 0 Å². The molecule has 9 heteroatoms. The molecule has 0 spiro atoms. The number of esters is 2. The van der Waals surface area contributed by atoms with Gasteiger partial charge in [-0.05, 0) is 83.5 Å². The molecule has 0 fully saturated rings. The molecule has 2 atom stereocenters. The van der Waals surface area contributed by atoms with Crippen LogP contribution >= 0.6 is 0 Å². The van der Waals surface area contributed by atoms with E-state index >= 15 is 0 Å². The van der Waals surface area contributed by atoms with Gasteiger partial charge in [-0.15, -0.1) is 0 Å². The number of aliphatic carboxylic acids is 1. The van der Waals surface area contributed by atoms with E-state index in [2.05, 4.69) is 86.8 Å². The molecule has 77 heavy (non-hydrogen) atoms. The van der Waals surface area contributed by atoms with Crippen molar-refractivity contribution < 1.29 is 42.9 Å². The molecule has 0 amide bonds. The fourth-order valence-electron chi connectivity index (χ4n) is 9.04. The van der Waals surface area contributed by atoms with E-state index < -0.39 is 24.3 Å². The van der Waals surface area contributed by atoms with Crippen molar-refractivity contribution in [1.82, 2.24) is 0 Å². The number of carboxylic acids is 1. The Bertz CT molecular complexity index is 1490. The van der Waals surface area contributed by atoms with Crippen molar-refractivity contribution in [3.05, 3.63) is 72.9 Å². The number of ether oxygens (including phenoxy) is 4. The van der Waals surface area contributed by atoms with Gasteiger partial charge in [-0.25, -0.2) is 4.79 Å². The third-order valence-corrected chi connectivity index (χ3v) is 13.9. The largest absolute Gasteiger partial charge is 0.477 e. The second-order valence-corrected chi connectivity index (χ2v) is 22.7. The maximum absolute atomic E-state index is 12.9. The van der Waals surface area contributed by atoms with Crippen molar-refractivity contribution in [3.8, 4) is 0 Å². The molecule has 0 saturated heterocycles. The van der Waals surface area contributed by atoms with Gasteiger partial charge in [0.2, 0.25) is 0 Å². The van der Waals surface area contributed by atoms with Gasteiger partial charge < -0.3 is 28.5 Å². The van der Waals surface area contributed by atoms with Crippen LogP contribution < -0.4 is 0 Å². The highest BCUT2D eigenvalue weighted by Crippen LogP contribution is 2.17. The van der Waals surface area contributed by atoms with Crippen LogP contribution in [-0.2, 0) is 33.3 Å². The van der Waals surface area contributed by atoms with E-state index in [0.717, 1.165) is 70.6 Å². The first-order valence-electron chi connectivity index (χ1n) is 32.1. The molecule has 0 saturated carbocycles. The Balaban J connectivity index is 4.17. The highest BCUT2D eigenvalue weighted by molar-refractivity contribution is 5.71. The first-order chi connectivity index (χ1) is 37.6. The predicted molar refractivity (Wildman–Crippen MR) is 327 cm³/mol. The molecule has 9 nitrogen and oxygen atoms in total. The van der Waals surface area contributed by atoms with Crippen LogP contribution in [0.4, 0.5) is 0 Å². The molecule has 0 aromatic rings. The van der Waals surface area contributed by atoms with Crippen LogP contribution in [0, 0.1) is 0 Å². The average molecular weight is 1080 g/mol. The molecule has 0 heterocycles. The smallest absolute Gasteiger partial charge is 0.361 e. The van der Waals surface area contributed by atoms with Gasteiger partial charge in [0.05, 0.1) is 34.4 Å². The molecule has 0 aliphatic carbocycles. The van der Waals surface area contributed by atoms with E-state index in [1.807, 2.05) is 21.1 Å². The van der Waals surface area contributed by atoms with E-state index in [1.54, 1.807) is 0 Å². The number of allylic oxidation sites excluding steroid dienone is 12. The lowest BCUT2D eigenvalue weighted by Crippen LogP contribution is -2.40. The van der Waals surface area contributed by atoms with Crippen LogP contribution in [0.2, 0.25) is 0 Å². The van der Waals surface area contributed by atoms with E-state index in [1.165, 1.54) is 186 Å². The maximum Gasteiger partial charge on any atom is 0.361 e. The first kappa shape index (κ1) is 73.7. The second kappa shape index (κ2) is 58.9. The van der Waals surface area contributed by atoms with Crippen LogP contribution in [0.1, 0.15) is 284 Å². The summed E-state index contributed by atoms with van der Waals surface area (Å²) in [4.78, 5) is 37.5. The predicted octanol–water partition coefficient (Wildman–Crippen LogP) is 19.4. The Morgan fingerprint density at radius 2 is 0.740 bits per heavy atom. The van der Waals surface area contributed by atoms with Crippen LogP contribution in [-0.4, -0.2) is 87.4 Å². The van der Waals surface area contributed by atoms with Gasteiger partial charge in [0.25, 0.3) is 6.29 Å². The van der Waals surface area contributed by atoms with E-state index in [0.29, 0.717) is 17.4 Å². The first-order valence-corrected chi connectivity index (χ1v) is 32.1. The van der Waals surface area contributed by atoms with Crippen molar-refractivity contribution >= 4 is 17.9 Å². The number of nitrogens with zero attached hydrogens (tertiary/aromatic N) is 1. The van der Waals surface area contributed by atoms with Gasteiger partial charge in [0.1, 0.15) is 13.2 Å². The van der Waals surface area contributed by atoms with Gasteiger partial charge in [-0.3, -0.25) is 9.59 Å². The highest BCUT2D eigenvalue weighted by Gasteiger charge is 2.25. The zero-order valence-corrected chi connectivity index (χ0v) is 50.9.